The molecule has 0 unspecified atom stereocenters. The van der Waals surface area contributed by atoms with E-state index in [0.717, 1.165) is 0 Å². The Morgan fingerprint density at radius 1 is 0.368 bits per heavy atom. The topological polar surface area (TPSA) is 20.7 Å². The molecule has 2 heterocycles. The van der Waals surface area contributed by atoms with Crippen LogP contribution in [0.25, 0.3) is 71.6 Å². The fourth-order valence-corrected chi connectivity index (χ4v) is 5.93. The van der Waals surface area contributed by atoms with Gasteiger partial charge in [-0.05, 0) is 70.8 Å². The summed E-state index contributed by atoms with van der Waals surface area (Å²) in [5.74, 6) is 0. The van der Waals surface area contributed by atoms with Gasteiger partial charge in [-0.1, -0.05) is 91.0 Å². The molecule has 0 aliphatic carbocycles. The zero-order valence-corrected chi connectivity index (χ0v) is 20.7. The molecular weight excluding hydrogens is 460 g/mol. The third-order valence-corrected chi connectivity index (χ3v) is 7.72. The molecule has 8 rings (SSSR count). The first-order valence-electron chi connectivity index (χ1n) is 13.0. The number of rotatable bonds is 3. The minimum absolute atomic E-state index is 1.17. The minimum Gasteiger partial charge on any atom is -0.355 e. The Hall–Kier alpha value is -5.08. The number of H-pyrrole nitrogens is 1. The van der Waals surface area contributed by atoms with E-state index in [-0.39, 0.29) is 0 Å². The summed E-state index contributed by atoms with van der Waals surface area (Å²) in [5, 5.41) is 5.09. The number of benzene rings is 6. The van der Waals surface area contributed by atoms with Crippen LogP contribution < -0.4 is 0 Å². The van der Waals surface area contributed by atoms with Crippen LogP contribution in [0.1, 0.15) is 0 Å². The van der Waals surface area contributed by atoms with Crippen molar-refractivity contribution in [2.45, 2.75) is 0 Å². The molecule has 0 fully saturated rings. The van der Waals surface area contributed by atoms with E-state index < -0.39 is 0 Å². The van der Waals surface area contributed by atoms with Gasteiger partial charge in [-0.25, -0.2) is 0 Å². The van der Waals surface area contributed by atoms with E-state index in [4.69, 9.17) is 0 Å². The Morgan fingerprint density at radius 3 is 1.66 bits per heavy atom. The van der Waals surface area contributed by atoms with Gasteiger partial charge in [-0.15, -0.1) is 0 Å². The van der Waals surface area contributed by atoms with Crippen LogP contribution >= 0.6 is 0 Å². The van der Waals surface area contributed by atoms with Gasteiger partial charge in [0.1, 0.15) is 0 Å². The summed E-state index contributed by atoms with van der Waals surface area (Å²) < 4.78 is 2.38. The predicted octanol–water partition coefficient (Wildman–Crippen LogP) is 9.75. The highest BCUT2D eigenvalue weighted by Crippen LogP contribution is 2.35. The molecule has 2 nitrogen and oxygen atoms in total. The van der Waals surface area contributed by atoms with Crippen LogP contribution in [0.2, 0.25) is 0 Å². The van der Waals surface area contributed by atoms with Gasteiger partial charge in [0.2, 0.25) is 0 Å². The largest absolute Gasteiger partial charge is 0.355 e. The number of aromatic amines is 1. The van der Waals surface area contributed by atoms with Crippen molar-refractivity contribution in [1.82, 2.24) is 9.55 Å². The van der Waals surface area contributed by atoms with Gasteiger partial charge in [0.05, 0.1) is 11.0 Å². The highest BCUT2D eigenvalue weighted by atomic mass is 15.0. The molecule has 38 heavy (non-hydrogen) atoms. The number of hydrogen-bond acceptors (Lipinski definition) is 0. The van der Waals surface area contributed by atoms with Crippen LogP contribution in [0, 0.1) is 0 Å². The summed E-state index contributed by atoms with van der Waals surface area (Å²) >= 11 is 0. The average molecular weight is 485 g/mol. The van der Waals surface area contributed by atoms with Gasteiger partial charge in [0, 0.05) is 38.3 Å². The first kappa shape index (κ1) is 21.0. The van der Waals surface area contributed by atoms with Crippen molar-refractivity contribution in [3.05, 3.63) is 140 Å². The summed E-state index contributed by atoms with van der Waals surface area (Å²) in [6.07, 6.45) is 0. The van der Waals surface area contributed by atoms with Gasteiger partial charge in [0.15, 0.2) is 0 Å². The molecule has 0 bridgehead atoms. The number of para-hydroxylation sites is 3. The Kier molecular flexibility index (Phi) is 4.55. The first-order chi connectivity index (χ1) is 18.8. The fourth-order valence-electron chi connectivity index (χ4n) is 5.93. The van der Waals surface area contributed by atoms with Crippen molar-refractivity contribution in [2.24, 2.45) is 0 Å². The third-order valence-electron chi connectivity index (χ3n) is 7.72. The maximum atomic E-state index is 3.54. The standard InChI is InChI=1S/C36H24N2/c1-4-16-33-29(13-1)32-23-27(19-20-34(32)37-33)25-10-7-9-24(21-25)26-11-8-12-28(22-26)38-35-17-5-2-14-30(35)31-15-3-6-18-36(31)38/h1-23,37H. The first-order valence-corrected chi connectivity index (χ1v) is 13.0. The van der Waals surface area contributed by atoms with Crippen LogP contribution in [0.15, 0.2) is 140 Å². The Balaban J connectivity index is 1.25. The van der Waals surface area contributed by atoms with Gasteiger partial charge in [-0.2, -0.15) is 0 Å². The molecule has 8 aromatic rings. The molecular formula is C36H24N2. The second-order valence-corrected chi connectivity index (χ2v) is 9.93. The molecule has 178 valence electrons. The van der Waals surface area contributed by atoms with E-state index in [2.05, 4.69) is 149 Å². The van der Waals surface area contributed by atoms with Gasteiger partial charge < -0.3 is 9.55 Å². The maximum absolute atomic E-state index is 3.54. The van der Waals surface area contributed by atoms with Crippen molar-refractivity contribution in [2.75, 3.05) is 0 Å². The molecule has 0 aliphatic heterocycles. The van der Waals surface area contributed by atoms with Crippen LogP contribution in [-0.4, -0.2) is 9.55 Å². The summed E-state index contributed by atoms with van der Waals surface area (Å²) in [6, 6.07) is 50.3. The van der Waals surface area contributed by atoms with Crippen LogP contribution in [-0.2, 0) is 0 Å². The molecule has 2 aromatic heterocycles. The number of nitrogens with zero attached hydrogens (tertiary/aromatic N) is 1. The van der Waals surface area contributed by atoms with E-state index in [1.807, 2.05) is 0 Å². The zero-order chi connectivity index (χ0) is 25.1. The smallest absolute Gasteiger partial charge is 0.0541 e. The van der Waals surface area contributed by atoms with E-state index in [0.29, 0.717) is 0 Å². The van der Waals surface area contributed by atoms with Crippen molar-refractivity contribution < 1.29 is 0 Å². The lowest BCUT2D eigenvalue weighted by Gasteiger charge is -2.11. The second-order valence-electron chi connectivity index (χ2n) is 9.93. The zero-order valence-electron chi connectivity index (χ0n) is 20.7. The SMILES string of the molecule is c1cc(-c2cccc(-n3c4ccccc4c4ccccc43)c2)cc(-c2ccc3[nH]c4ccccc4c3c2)c1. The molecule has 2 heteroatoms. The molecule has 0 spiro atoms. The number of aromatic nitrogens is 2. The van der Waals surface area contributed by atoms with Gasteiger partial charge in [0.25, 0.3) is 0 Å². The number of fused-ring (bicyclic) bond motifs is 6. The number of hydrogen-bond donors (Lipinski definition) is 1. The average Bonchev–Trinajstić information content (AvgIpc) is 3.53. The van der Waals surface area contributed by atoms with Crippen molar-refractivity contribution in [1.29, 1.82) is 0 Å². The van der Waals surface area contributed by atoms with E-state index in [1.54, 1.807) is 0 Å². The Labute approximate surface area is 220 Å². The lowest BCUT2D eigenvalue weighted by Crippen LogP contribution is -1.94. The van der Waals surface area contributed by atoms with E-state index in [1.165, 1.54) is 71.6 Å². The second kappa shape index (κ2) is 8.22. The van der Waals surface area contributed by atoms with Crippen LogP contribution in [0.5, 0.6) is 0 Å². The Bertz CT molecular complexity index is 2090. The quantitative estimate of drug-likeness (QED) is 0.258. The monoisotopic (exact) mass is 484 g/mol. The molecule has 0 aliphatic rings. The van der Waals surface area contributed by atoms with E-state index >= 15 is 0 Å². The number of nitrogens with one attached hydrogen (secondary N) is 1. The maximum Gasteiger partial charge on any atom is 0.0541 e. The Morgan fingerprint density at radius 2 is 0.921 bits per heavy atom. The third kappa shape index (κ3) is 3.21. The van der Waals surface area contributed by atoms with Crippen molar-refractivity contribution in [3.8, 4) is 27.9 Å². The molecule has 0 radical (unpaired) electrons. The lowest BCUT2D eigenvalue weighted by molar-refractivity contribution is 1.18. The summed E-state index contributed by atoms with van der Waals surface area (Å²) in [4.78, 5) is 3.54. The van der Waals surface area contributed by atoms with Crippen LogP contribution in [0.3, 0.4) is 0 Å². The highest BCUT2D eigenvalue weighted by Gasteiger charge is 2.12. The predicted molar refractivity (Wildman–Crippen MR) is 161 cm³/mol. The van der Waals surface area contributed by atoms with Gasteiger partial charge >= 0.3 is 0 Å². The normalized spacial score (nSPS) is 11.7. The summed E-state index contributed by atoms with van der Waals surface area (Å²) in [7, 11) is 0. The highest BCUT2D eigenvalue weighted by molar-refractivity contribution is 6.10. The molecule has 0 saturated heterocycles. The lowest BCUT2D eigenvalue weighted by atomic mass is 9.97. The molecule has 6 aromatic carbocycles. The summed E-state index contributed by atoms with van der Waals surface area (Å²) in [6.45, 7) is 0. The molecule has 0 saturated carbocycles. The molecule has 1 N–H and O–H groups in total. The molecule has 0 atom stereocenters. The van der Waals surface area contributed by atoms with Crippen LogP contribution in [0.4, 0.5) is 0 Å². The van der Waals surface area contributed by atoms with Crippen molar-refractivity contribution >= 4 is 43.6 Å². The summed E-state index contributed by atoms with van der Waals surface area (Å²) in [5.41, 5.74) is 10.8. The fraction of sp³-hybridized carbons (Fsp3) is 0. The van der Waals surface area contributed by atoms with Crippen molar-refractivity contribution in [3.63, 3.8) is 0 Å². The van der Waals surface area contributed by atoms with E-state index in [9.17, 15) is 0 Å². The van der Waals surface area contributed by atoms with Gasteiger partial charge in [-0.3, -0.25) is 0 Å². The minimum atomic E-state index is 1.17. The molecule has 0 amide bonds.